The number of rotatable bonds is 2. The molecule has 1 aliphatic heterocycles. The quantitative estimate of drug-likeness (QED) is 0.672. The summed E-state index contributed by atoms with van der Waals surface area (Å²) in [5.41, 5.74) is 3.64. The van der Waals surface area contributed by atoms with Gasteiger partial charge in [-0.2, -0.15) is 11.3 Å². The maximum atomic E-state index is 12.7. The molecule has 0 N–H and O–H groups in total. The van der Waals surface area contributed by atoms with E-state index in [1.807, 2.05) is 40.4 Å². The topological polar surface area (TPSA) is 33.2 Å². The summed E-state index contributed by atoms with van der Waals surface area (Å²) in [7, 11) is 0. The Bertz CT molecular complexity index is 842. The van der Waals surface area contributed by atoms with E-state index in [2.05, 4.69) is 4.98 Å². The van der Waals surface area contributed by atoms with Crippen LogP contribution in [0.25, 0.3) is 10.6 Å². The van der Waals surface area contributed by atoms with Crippen LogP contribution in [0, 0.1) is 0 Å². The molecule has 22 heavy (non-hydrogen) atoms. The van der Waals surface area contributed by atoms with Crippen LogP contribution in [0.1, 0.15) is 16.1 Å². The summed E-state index contributed by atoms with van der Waals surface area (Å²) in [5, 5.41) is 7.49. The van der Waals surface area contributed by atoms with Gasteiger partial charge in [0.15, 0.2) is 0 Å². The van der Waals surface area contributed by atoms with Crippen molar-refractivity contribution < 1.29 is 4.79 Å². The lowest BCUT2D eigenvalue weighted by molar-refractivity contribution is 0.0985. The van der Waals surface area contributed by atoms with Crippen molar-refractivity contribution in [1.82, 2.24) is 4.98 Å². The lowest BCUT2D eigenvalue weighted by atomic mass is 10.2. The van der Waals surface area contributed by atoms with E-state index < -0.39 is 0 Å². The highest BCUT2D eigenvalue weighted by Gasteiger charge is 2.27. The van der Waals surface area contributed by atoms with Crippen molar-refractivity contribution in [2.24, 2.45) is 0 Å². The SMILES string of the molecule is O=C(c1csc(-c2ccsc2)n1)N1CCc2cc(Cl)ccc21. The van der Waals surface area contributed by atoms with Crippen molar-refractivity contribution in [1.29, 1.82) is 0 Å². The summed E-state index contributed by atoms with van der Waals surface area (Å²) >= 11 is 9.15. The van der Waals surface area contributed by atoms with Gasteiger partial charge in [-0.15, -0.1) is 11.3 Å². The first-order valence-electron chi connectivity index (χ1n) is 6.81. The number of hydrogen-bond donors (Lipinski definition) is 0. The van der Waals surface area contributed by atoms with Crippen molar-refractivity contribution in [3.63, 3.8) is 0 Å². The molecule has 3 nitrogen and oxygen atoms in total. The Labute approximate surface area is 140 Å². The molecule has 0 unspecified atom stereocenters. The molecule has 0 radical (unpaired) electrons. The number of thiazole rings is 1. The first-order valence-corrected chi connectivity index (χ1v) is 9.01. The van der Waals surface area contributed by atoms with Gasteiger partial charge in [-0.3, -0.25) is 4.79 Å². The second kappa shape index (κ2) is 5.50. The molecule has 110 valence electrons. The van der Waals surface area contributed by atoms with E-state index in [-0.39, 0.29) is 5.91 Å². The van der Waals surface area contributed by atoms with Crippen LogP contribution in [0.15, 0.2) is 40.4 Å². The maximum absolute atomic E-state index is 12.7. The Morgan fingerprint density at radius 3 is 3.00 bits per heavy atom. The normalized spacial score (nSPS) is 13.4. The van der Waals surface area contributed by atoms with E-state index in [0.29, 0.717) is 17.3 Å². The monoisotopic (exact) mass is 346 g/mol. The van der Waals surface area contributed by atoms with Gasteiger partial charge in [-0.1, -0.05) is 11.6 Å². The Morgan fingerprint density at radius 1 is 1.27 bits per heavy atom. The number of anilines is 1. The summed E-state index contributed by atoms with van der Waals surface area (Å²) in [6.45, 7) is 0.680. The Balaban J connectivity index is 1.64. The molecule has 1 aromatic carbocycles. The summed E-state index contributed by atoms with van der Waals surface area (Å²) in [5.74, 6) is -0.0428. The lowest BCUT2D eigenvalue weighted by Crippen LogP contribution is -2.29. The molecule has 0 aliphatic carbocycles. The maximum Gasteiger partial charge on any atom is 0.277 e. The Morgan fingerprint density at radius 2 is 2.18 bits per heavy atom. The predicted molar refractivity (Wildman–Crippen MR) is 92.3 cm³/mol. The number of benzene rings is 1. The number of hydrogen-bond acceptors (Lipinski definition) is 4. The molecule has 0 bridgehead atoms. The van der Waals surface area contributed by atoms with Crippen molar-refractivity contribution in [3.05, 3.63) is 56.7 Å². The fraction of sp³-hybridized carbons (Fsp3) is 0.125. The molecule has 4 rings (SSSR count). The third-order valence-corrected chi connectivity index (χ3v) is 5.48. The highest BCUT2D eigenvalue weighted by molar-refractivity contribution is 7.14. The molecule has 3 aromatic rings. The molecular weight excluding hydrogens is 336 g/mol. The fourth-order valence-electron chi connectivity index (χ4n) is 2.61. The summed E-state index contributed by atoms with van der Waals surface area (Å²) in [4.78, 5) is 19.0. The van der Waals surface area contributed by atoms with Crippen LogP contribution in [0.5, 0.6) is 0 Å². The number of carbonyl (C=O) groups excluding carboxylic acids is 1. The molecule has 2 aromatic heterocycles. The van der Waals surface area contributed by atoms with Crippen LogP contribution in [0.3, 0.4) is 0 Å². The molecule has 1 aliphatic rings. The summed E-state index contributed by atoms with van der Waals surface area (Å²) < 4.78 is 0. The number of aromatic nitrogens is 1. The van der Waals surface area contributed by atoms with Gasteiger partial charge in [0.05, 0.1) is 0 Å². The minimum atomic E-state index is -0.0428. The molecule has 0 saturated carbocycles. The number of amides is 1. The summed E-state index contributed by atoms with van der Waals surface area (Å²) in [6, 6.07) is 7.69. The zero-order valence-corrected chi connectivity index (χ0v) is 13.8. The number of fused-ring (bicyclic) bond motifs is 1. The molecule has 1 amide bonds. The van der Waals surface area contributed by atoms with Crippen LogP contribution in [0.4, 0.5) is 5.69 Å². The number of carbonyl (C=O) groups is 1. The highest BCUT2D eigenvalue weighted by Crippen LogP contribution is 2.32. The third kappa shape index (κ3) is 2.35. The van der Waals surface area contributed by atoms with Crippen LogP contribution >= 0.6 is 34.3 Å². The fourth-order valence-corrected chi connectivity index (χ4v) is 4.31. The van der Waals surface area contributed by atoms with Gasteiger partial charge >= 0.3 is 0 Å². The third-order valence-electron chi connectivity index (χ3n) is 3.67. The Hall–Kier alpha value is -1.69. The zero-order valence-electron chi connectivity index (χ0n) is 11.5. The van der Waals surface area contributed by atoms with Crippen LogP contribution in [-0.4, -0.2) is 17.4 Å². The van der Waals surface area contributed by atoms with E-state index in [4.69, 9.17) is 11.6 Å². The molecular formula is C16H11ClN2OS2. The van der Waals surface area contributed by atoms with Gasteiger partial charge in [0, 0.05) is 33.6 Å². The van der Waals surface area contributed by atoms with Crippen molar-refractivity contribution >= 4 is 45.9 Å². The number of nitrogens with zero attached hydrogens (tertiary/aromatic N) is 2. The second-order valence-electron chi connectivity index (χ2n) is 5.03. The van der Waals surface area contributed by atoms with E-state index in [1.54, 1.807) is 16.2 Å². The van der Waals surface area contributed by atoms with Gasteiger partial charge in [-0.05, 0) is 41.6 Å². The molecule has 3 heterocycles. The molecule has 0 spiro atoms. The van der Waals surface area contributed by atoms with Gasteiger partial charge < -0.3 is 4.90 Å². The largest absolute Gasteiger partial charge is 0.306 e. The average Bonchev–Trinajstić information content (AvgIpc) is 3.25. The molecule has 0 atom stereocenters. The first kappa shape index (κ1) is 13.9. The van der Waals surface area contributed by atoms with Crippen LogP contribution in [0.2, 0.25) is 5.02 Å². The summed E-state index contributed by atoms with van der Waals surface area (Å²) in [6.07, 6.45) is 0.836. The average molecular weight is 347 g/mol. The Kier molecular flexibility index (Phi) is 3.48. The minimum absolute atomic E-state index is 0.0428. The minimum Gasteiger partial charge on any atom is -0.306 e. The van der Waals surface area contributed by atoms with Crippen molar-refractivity contribution in [2.45, 2.75) is 6.42 Å². The molecule has 6 heteroatoms. The lowest BCUT2D eigenvalue weighted by Gasteiger charge is -2.15. The first-order chi connectivity index (χ1) is 10.7. The number of thiophene rings is 1. The smallest absolute Gasteiger partial charge is 0.277 e. The zero-order chi connectivity index (χ0) is 15.1. The van der Waals surface area contributed by atoms with Gasteiger partial charge in [0.25, 0.3) is 5.91 Å². The van der Waals surface area contributed by atoms with E-state index in [0.717, 1.165) is 28.2 Å². The van der Waals surface area contributed by atoms with Gasteiger partial charge in [-0.25, -0.2) is 4.98 Å². The van der Waals surface area contributed by atoms with Gasteiger partial charge in [0.1, 0.15) is 10.7 Å². The standard InChI is InChI=1S/C16H11ClN2OS2/c17-12-1-2-14-10(7-12)3-5-19(14)16(20)13-9-22-15(18-13)11-4-6-21-8-11/h1-2,4,6-9H,3,5H2. The second-order valence-corrected chi connectivity index (χ2v) is 7.10. The van der Waals surface area contributed by atoms with Crippen molar-refractivity contribution in [2.75, 3.05) is 11.4 Å². The van der Waals surface area contributed by atoms with Crippen LogP contribution in [-0.2, 0) is 6.42 Å². The van der Waals surface area contributed by atoms with E-state index in [1.165, 1.54) is 11.3 Å². The van der Waals surface area contributed by atoms with E-state index in [9.17, 15) is 4.79 Å². The highest BCUT2D eigenvalue weighted by atomic mass is 35.5. The molecule has 0 saturated heterocycles. The number of halogens is 1. The molecule has 0 fully saturated rings. The van der Waals surface area contributed by atoms with E-state index >= 15 is 0 Å². The predicted octanol–water partition coefficient (Wildman–Crippen LogP) is 4.73. The van der Waals surface area contributed by atoms with Crippen LogP contribution < -0.4 is 4.90 Å². The van der Waals surface area contributed by atoms with Crippen molar-refractivity contribution in [3.8, 4) is 10.6 Å². The van der Waals surface area contributed by atoms with Gasteiger partial charge in [0.2, 0.25) is 0 Å².